The fourth-order valence-corrected chi connectivity index (χ4v) is 8.94. The molecular weight excluding hydrogens is 679 g/mol. The van der Waals surface area contributed by atoms with Gasteiger partial charge < -0.3 is 4.42 Å². The topological polar surface area (TPSA) is 51.8 Å². The summed E-state index contributed by atoms with van der Waals surface area (Å²) in [5, 5.41) is 6.84. The van der Waals surface area contributed by atoms with Crippen molar-refractivity contribution < 1.29 is 4.42 Å². The predicted octanol–water partition coefficient (Wildman–Crippen LogP) is 13.6. The van der Waals surface area contributed by atoms with Crippen LogP contribution >= 0.6 is 11.3 Å². The van der Waals surface area contributed by atoms with E-state index in [4.69, 9.17) is 19.4 Å². The largest absolute Gasteiger partial charge is 0.455 e. The Morgan fingerprint density at radius 1 is 0.352 bits per heavy atom. The number of aromatic nitrogens is 3. The summed E-state index contributed by atoms with van der Waals surface area (Å²) in [5.74, 6) is 1.92. The molecule has 0 fully saturated rings. The predicted molar refractivity (Wildman–Crippen MR) is 225 cm³/mol. The van der Waals surface area contributed by atoms with E-state index in [1.54, 1.807) is 0 Å². The molecule has 0 saturated heterocycles. The first kappa shape index (κ1) is 30.7. The van der Waals surface area contributed by atoms with E-state index in [1.807, 2.05) is 35.6 Å². The number of furan rings is 1. The Labute approximate surface area is 314 Å². The van der Waals surface area contributed by atoms with Crippen LogP contribution < -0.4 is 0 Å². The van der Waals surface area contributed by atoms with Gasteiger partial charge in [-0.15, -0.1) is 11.3 Å². The molecule has 252 valence electrons. The van der Waals surface area contributed by atoms with Crippen LogP contribution in [0, 0.1) is 0 Å². The molecule has 0 radical (unpaired) electrons. The van der Waals surface area contributed by atoms with E-state index < -0.39 is 0 Å². The molecule has 0 saturated carbocycles. The molecule has 0 aliphatic rings. The smallest absolute Gasteiger partial charge is 0.164 e. The van der Waals surface area contributed by atoms with E-state index >= 15 is 0 Å². The third-order valence-corrected chi connectivity index (χ3v) is 11.5. The lowest BCUT2D eigenvalue weighted by Gasteiger charge is -2.14. The number of hydrogen-bond donors (Lipinski definition) is 0. The van der Waals surface area contributed by atoms with Gasteiger partial charge in [0, 0.05) is 53.2 Å². The van der Waals surface area contributed by atoms with Gasteiger partial charge in [-0.2, -0.15) is 0 Å². The SMILES string of the molecule is c1ccc(-c2nc(-c3ccc4sc5ccccc5c4c3)nc(-c3ccc(-c4cccc5oc6c(-c7ccccc7)cccc6c45)c4ccccc34)n2)cc1. The first-order chi connectivity index (χ1) is 26.8. The van der Waals surface area contributed by atoms with Crippen LogP contribution in [-0.2, 0) is 0 Å². The van der Waals surface area contributed by atoms with Crippen molar-refractivity contribution in [1.82, 2.24) is 15.0 Å². The first-order valence-corrected chi connectivity index (χ1v) is 18.8. The van der Waals surface area contributed by atoms with Crippen molar-refractivity contribution in [2.45, 2.75) is 0 Å². The molecule has 4 nitrogen and oxygen atoms in total. The number of benzene rings is 8. The van der Waals surface area contributed by atoms with Gasteiger partial charge in [0.15, 0.2) is 17.5 Å². The molecule has 0 aliphatic carbocycles. The summed E-state index contributed by atoms with van der Waals surface area (Å²) < 4.78 is 9.15. The highest BCUT2D eigenvalue weighted by Crippen LogP contribution is 2.44. The molecule has 5 heteroatoms. The molecule has 54 heavy (non-hydrogen) atoms. The Morgan fingerprint density at radius 3 is 1.76 bits per heavy atom. The summed E-state index contributed by atoms with van der Waals surface area (Å²) in [6.07, 6.45) is 0. The number of para-hydroxylation sites is 1. The van der Waals surface area contributed by atoms with Gasteiger partial charge in [-0.25, -0.2) is 15.0 Å². The molecule has 0 unspecified atom stereocenters. The van der Waals surface area contributed by atoms with Gasteiger partial charge in [-0.1, -0.05) is 140 Å². The van der Waals surface area contributed by atoms with Crippen LogP contribution in [0.25, 0.3) is 109 Å². The summed E-state index contributed by atoms with van der Waals surface area (Å²) in [6, 6.07) is 61.4. The number of nitrogens with zero attached hydrogens (tertiary/aromatic N) is 3. The molecule has 0 atom stereocenters. The molecular formula is C49H29N3OS. The number of thiophene rings is 1. The van der Waals surface area contributed by atoms with Crippen LogP contribution in [0.15, 0.2) is 180 Å². The summed E-state index contributed by atoms with van der Waals surface area (Å²) in [5.41, 5.74) is 9.08. The van der Waals surface area contributed by atoms with E-state index in [9.17, 15) is 0 Å². The number of hydrogen-bond acceptors (Lipinski definition) is 5. The zero-order chi connectivity index (χ0) is 35.6. The Kier molecular flexibility index (Phi) is 7.00. The first-order valence-electron chi connectivity index (χ1n) is 18.0. The van der Waals surface area contributed by atoms with Crippen molar-refractivity contribution in [3.05, 3.63) is 176 Å². The highest BCUT2D eigenvalue weighted by molar-refractivity contribution is 7.25. The molecule has 11 rings (SSSR count). The second-order valence-electron chi connectivity index (χ2n) is 13.5. The van der Waals surface area contributed by atoms with Gasteiger partial charge in [0.25, 0.3) is 0 Å². The van der Waals surface area contributed by atoms with E-state index in [-0.39, 0.29) is 0 Å². The second kappa shape index (κ2) is 12.3. The molecule has 8 aromatic carbocycles. The highest BCUT2D eigenvalue weighted by Gasteiger charge is 2.20. The highest BCUT2D eigenvalue weighted by atomic mass is 32.1. The van der Waals surface area contributed by atoms with Crippen molar-refractivity contribution >= 4 is 64.2 Å². The summed E-state index contributed by atoms with van der Waals surface area (Å²) in [4.78, 5) is 15.4. The fourth-order valence-electron chi connectivity index (χ4n) is 7.85. The fraction of sp³-hybridized carbons (Fsp3) is 0. The van der Waals surface area contributed by atoms with Gasteiger partial charge in [-0.3, -0.25) is 0 Å². The zero-order valence-electron chi connectivity index (χ0n) is 28.9. The third kappa shape index (κ3) is 4.94. The van der Waals surface area contributed by atoms with Gasteiger partial charge in [-0.05, 0) is 63.9 Å². The normalized spacial score (nSPS) is 11.7. The molecule has 11 aromatic rings. The molecule has 3 heterocycles. The summed E-state index contributed by atoms with van der Waals surface area (Å²) in [7, 11) is 0. The second-order valence-corrected chi connectivity index (χ2v) is 14.6. The average molecular weight is 708 g/mol. The average Bonchev–Trinajstić information content (AvgIpc) is 3.82. The Balaban J connectivity index is 1.11. The number of rotatable bonds is 5. The minimum absolute atomic E-state index is 0.636. The van der Waals surface area contributed by atoms with E-state index in [2.05, 4.69) is 152 Å². The summed E-state index contributed by atoms with van der Waals surface area (Å²) in [6.45, 7) is 0. The lowest BCUT2D eigenvalue weighted by atomic mass is 9.92. The minimum atomic E-state index is 0.636. The van der Waals surface area contributed by atoms with E-state index in [0.29, 0.717) is 17.5 Å². The van der Waals surface area contributed by atoms with Crippen molar-refractivity contribution in [2.24, 2.45) is 0 Å². The van der Waals surface area contributed by atoms with Crippen molar-refractivity contribution in [2.75, 3.05) is 0 Å². The minimum Gasteiger partial charge on any atom is -0.455 e. The van der Waals surface area contributed by atoms with Crippen LogP contribution in [0.2, 0.25) is 0 Å². The van der Waals surface area contributed by atoms with Crippen molar-refractivity contribution in [1.29, 1.82) is 0 Å². The van der Waals surface area contributed by atoms with Crippen molar-refractivity contribution in [3.63, 3.8) is 0 Å². The van der Waals surface area contributed by atoms with Crippen LogP contribution in [0.3, 0.4) is 0 Å². The maximum atomic E-state index is 6.63. The maximum Gasteiger partial charge on any atom is 0.164 e. The Hall–Kier alpha value is -6.95. The van der Waals surface area contributed by atoms with Gasteiger partial charge >= 0.3 is 0 Å². The Morgan fingerprint density at radius 2 is 0.944 bits per heavy atom. The van der Waals surface area contributed by atoms with Gasteiger partial charge in [0.2, 0.25) is 0 Å². The molecule has 0 bridgehead atoms. The lowest BCUT2D eigenvalue weighted by molar-refractivity contribution is 0.670. The van der Waals surface area contributed by atoms with Crippen LogP contribution in [-0.4, -0.2) is 15.0 Å². The monoisotopic (exact) mass is 707 g/mol. The van der Waals surface area contributed by atoms with E-state index in [0.717, 1.165) is 71.7 Å². The molecule has 0 amide bonds. The zero-order valence-corrected chi connectivity index (χ0v) is 29.7. The van der Waals surface area contributed by atoms with Crippen LogP contribution in [0.1, 0.15) is 0 Å². The van der Waals surface area contributed by atoms with Gasteiger partial charge in [0.05, 0.1) is 0 Å². The van der Waals surface area contributed by atoms with Gasteiger partial charge in [0.1, 0.15) is 11.2 Å². The lowest BCUT2D eigenvalue weighted by Crippen LogP contribution is -2.00. The molecule has 0 N–H and O–H groups in total. The Bertz CT molecular complexity index is 3220. The standard InChI is InChI=1S/C49H29N3OS/c1-3-13-30(14-4-1)33-20-11-22-40-45-38(21-12-23-42(45)53-46(33)40)36-26-27-39(35-18-8-7-17-34(35)36)49-51-47(31-15-5-2-6-16-31)50-48(52-49)32-25-28-44-41(29-32)37-19-9-10-24-43(37)54-44/h1-29H. The van der Waals surface area contributed by atoms with Crippen molar-refractivity contribution in [3.8, 4) is 56.4 Å². The van der Waals surface area contributed by atoms with Crippen LogP contribution in [0.5, 0.6) is 0 Å². The molecule has 0 spiro atoms. The molecule has 0 aliphatic heterocycles. The third-order valence-electron chi connectivity index (χ3n) is 10.4. The van der Waals surface area contributed by atoms with Crippen LogP contribution in [0.4, 0.5) is 0 Å². The molecule has 3 aromatic heterocycles. The van der Waals surface area contributed by atoms with E-state index in [1.165, 1.54) is 20.2 Å². The summed E-state index contributed by atoms with van der Waals surface area (Å²) >= 11 is 1.81. The quantitative estimate of drug-likeness (QED) is 0.179. The maximum absolute atomic E-state index is 6.63. The number of fused-ring (bicyclic) bond motifs is 7.